The number of hydrogen-bond acceptors (Lipinski definition) is 3. The van der Waals surface area contributed by atoms with E-state index in [1.807, 2.05) is 0 Å². The Kier molecular flexibility index (Phi) is 5.14. The van der Waals surface area contributed by atoms with Gasteiger partial charge in [-0.2, -0.15) is 0 Å². The molecule has 0 saturated carbocycles. The maximum atomic E-state index is 12.9. The van der Waals surface area contributed by atoms with Crippen molar-refractivity contribution < 1.29 is 13.9 Å². The van der Waals surface area contributed by atoms with Gasteiger partial charge < -0.3 is 4.74 Å². The Hall–Kier alpha value is -1.33. The molecule has 19 heavy (non-hydrogen) atoms. The number of carbonyl (C=O) groups is 1. The van der Waals surface area contributed by atoms with E-state index in [0.29, 0.717) is 10.6 Å². The molecular formula is C13H18ClFN2O2. The van der Waals surface area contributed by atoms with Gasteiger partial charge in [-0.15, -0.1) is 0 Å². The minimum Gasteiger partial charge on any atom is -0.443 e. The minimum absolute atomic E-state index is 0.277. The summed E-state index contributed by atoms with van der Waals surface area (Å²) in [6.07, 6.45) is -0.586. The minimum atomic E-state index is -0.586. The van der Waals surface area contributed by atoms with Crippen LogP contribution in [0.3, 0.4) is 0 Å². The number of hydrogen-bond donors (Lipinski definition) is 2. The van der Waals surface area contributed by atoms with Crippen LogP contribution in [0.2, 0.25) is 5.02 Å². The quantitative estimate of drug-likeness (QED) is 0.836. The van der Waals surface area contributed by atoms with E-state index in [1.54, 1.807) is 33.8 Å². The summed E-state index contributed by atoms with van der Waals surface area (Å²) in [6.45, 7) is 7.10. The summed E-state index contributed by atoms with van der Waals surface area (Å²) >= 11 is 5.92. The van der Waals surface area contributed by atoms with Crippen molar-refractivity contribution in [1.82, 2.24) is 10.9 Å². The van der Waals surface area contributed by atoms with Crippen molar-refractivity contribution in [2.75, 3.05) is 0 Å². The Bertz CT molecular complexity index is 460. The number of ether oxygens (including phenoxy) is 1. The van der Waals surface area contributed by atoms with Crippen LogP contribution in [-0.4, -0.2) is 11.7 Å². The SMILES string of the molecule is CC(NNC(=O)OC(C)(C)C)c1ccc(F)cc1Cl. The van der Waals surface area contributed by atoms with E-state index < -0.39 is 17.5 Å². The lowest BCUT2D eigenvalue weighted by Crippen LogP contribution is -2.42. The maximum Gasteiger partial charge on any atom is 0.422 e. The molecule has 0 saturated heterocycles. The maximum absolute atomic E-state index is 12.9. The molecule has 0 fully saturated rings. The van der Waals surface area contributed by atoms with Crippen molar-refractivity contribution in [1.29, 1.82) is 0 Å². The van der Waals surface area contributed by atoms with Gasteiger partial charge in [0, 0.05) is 11.1 Å². The number of nitrogens with one attached hydrogen (secondary N) is 2. The highest BCUT2D eigenvalue weighted by atomic mass is 35.5. The molecule has 0 aliphatic rings. The van der Waals surface area contributed by atoms with Crippen molar-refractivity contribution in [2.45, 2.75) is 39.3 Å². The van der Waals surface area contributed by atoms with Crippen molar-refractivity contribution in [3.8, 4) is 0 Å². The van der Waals surface area contributed by atoms with Crippen molar-refractivity contribution in [2.24, 2.45) is 0 Å². The molecule has 1 aromatic carbocycles. The molecule has 0 spiro atoms. The summed E-state index contributed by atoms with van der Waals surface area (Å²) in [5.41, 5.74) is 5.28. The van der Waals surface area contributed by atoms with Crippen LogP contribution in [0.25, 0.3) is 0 Å². The highest BCUT2D eigenvalue weighted by molar-refractivity contribution is 6.31. The molecule has 4 nitrogen and oxygen atoms in total. The van der Waals surface area contributed by atoms with Crippen LogP contribution in [0, 0.1) is 5.82 Å². The molecule has 0 radical (unpaired) electrons. The highest BCUT2D eigenvalue weighted by Crippen LogP contribution is 2.23. The number of halogens is 2. The molecule has 106 valence electrons. The third-order valence-electron chi connectivity index (χ3n) is 2.22. The van der Waals surface area contributed by atoms with Gasteiger partial charge in [0.1, 0.15) is 11.4 Å². The lowest BCUT2D eigenvalue weighted by atomic mass is 10.1. The van der Waals surface area contributed by atoms with Crippen molar-refractivity contribution >= 4 is 17.7 Å². The lowest BCUT2D eigenvalue weighted by molar-refractivity contribution is 0.0489. The molecular weight excluding hydrogens is 271 g/mol. The van der Waals surface area contributed by atoms with E-state index in [9.17, 15) is 9.18 Å². The number of rotatable bonds is 3. The molecule has 0 heterocycles. The standard InChI is InChI=1S/C13H18ClFN2O2/c1-8(10-6-5-9(15)7-11(10)14)16-17-12(18)19-13(2,3)4/h5-8,16H,1-4H3,(H,17,18). The second kappa shape index (κ2) is 6.21. The molecule has 1 unspecified atom stereocenters. The molecule has 0 bridgehead atoms. The molecule has 1 aromatic rings. The van der Waals surface area contributed by atoms with Gasteiger partial charge >= 0.3 is 6.09 Å². The van der Waals surface area contributed by atoms with E-state index in [0.717, 1.165) is 0 Å². The van der Waals surface area contributed by atoms with Gasteiger partial charge in [0.2, 0.25) is 0 Å². The van der Waals surface area contributed by atoms with Crippen LogP contribution in [-0.2, 0) is 4.74 Å². The third kappa shape index (κ3) is 5.44. The summed E-state index contributed by atoms with van der Waals surface area (Å²) in [5.74, 6) is -0.402. The fourth-order valence-electron chi connectivity index (χ4n) is 1.40. The Balaban J connectivity index is 2.56. The number of amides is 1. The van der Waals surface area contributed by atoms with Gasteiger partial charge in [0.05, 0.1) is 0 Å². The van der Waals surface area contributed by atoms with E-state index in [4.69, 9.17) is 16.3 Å². The van der Waals surface area contributed by atoms with Gasteiger partial charge in [-0.25, -0.2) is 14.6 Å². The summed E-state index contributed by atoms with van der Waals surface area (Å²) < 4.78 is 18.0. The Labute approximate surface area is 117 Å². The lowest BCUT2D eigenvalue weighted by Gasteiger charge is -2.21. The van der Waals surface area contributed by atoms with Crippen LogP contribution in [0.4, 0.5) is 9.18 Å². The largest absolute Gasteiger partial charge is 0.443 e. The molecule has 1 atom stereocenters. The second-order valence-corrected chi connectivity index (χ2v) is 5.57. The molecule has 0 aromatic heterocycles. The van der Waals surface area contributed by atoms with E-state index in [-0.39, 0.29) is 6.04 Å². The topological polar surface area (TPSA) is 50.4 Å². The predicted octanol–water partition coefficient (Wildman–Crippen LogP) is 3.57. The first-order valence-corrected chi connectivity index (χ1v) is 6.26. The molecule has 0 aliphatic heterocycles. The number of hydrazine groups is 1. The molecule has 1 amide bonds. The fraction of sp³-hybridized carbons (Fsp3) is 0.462. The number of benzene rings is 1. The van der Waals surface area contributed by atoms with Gasteiger partial charge in [0.15, 0.2) is 0 Å². The fourth-order valence-corrected chi connectivity index (χ4v) is 1.73. The van der Waals surface area contributed by atoms with E-state index in [1.165, 1.54) is 12.1 Å². The molecule has 0 aliphatic carbocycles. The average molecular weight is 289 g/mol. The smallest absolute Gasteiger partial charge is 0.422 e. The molecule has 6 heteroatoms. The van der Waals surface area contributed by atoms with Crippen molar-refractivity contribution in [3.63, 3.8) is 0 Å². The zero-order chi connectivity index (χ0) is 14.6. The monoisotopic (exact) mass is 288 g/mol. The van der Waals surface area contributed by atoms with Crippen LogP contribution in [0.15, 0.2) is 18.2 Å². The first kappa shape index (κ1) is 15.7. The number of carbonyl (C=O) groups excluding carboxylic acids is 1. The van der Waals surface area contributed by atoms with Gasteiger partial charge in [-0.05, 0) is 45.4 Å². The Morgan fingerprint density at radius 3 is 2.58 bits per heavy atom. The van der Waals surface area contributed by atoms with Gasteiger partial charge in [-0.1, -0.05) is 17.7 Å². The molecule has 1 rings (SSSR count). The first-order chi connectivity index (χ1) is 8.69. The Morgan fingerprint density at radius 1 is 1.42 bits per heavy atom. The zero-order valence-electron chi connectivity index (χ0n) is 11.4. The average Bonchev–Trinajstić information content (AvgIpc) is 2.23. The summed E-state index contributed by atoms with van der Waals surface area (Å²) in [4.78, 5) is 11.4. The van der Waals surface area contributed by atoms with Crippen LogP contribution in [0.5, 0.6) is 0 Å². The van der Waals surface area contributed by atoms with Gasteiger partial charge in [-0.3, -0.25) is 5.43 Å². The zero-order valence-corrected chi connectivity index (χ0v) is 12.1. The van der Waals surface area contributed by atoms with Crippen LogP contribution < -0.4 is 10.9 Å². The van der Waals surface area contributed by atoms with E-state index in [2.05, 4.69) is 10.9 Å². The summed E-state index contributed by atoms with van der Waals surface area (Å²) in [7, 11) is 0. The second-order valence-electron chi connectivity index (χ2n) is 5.16. The van der Waals surface area contributed by atoms with Crippen LogP contribution in [0.1, 0.15) is 39.3 Å². The first-order valence-electron chi connectivity index (χ1n) is 5.88. The van der Waals surface area contributed by atoms with E-state index >= 15 is 0 Å². The Morgan fingerprint density at radius 2 is 2.05 bits per heavy atom. The summed E-state index contributed by atoms with van der Waals surface area (Å²) in [5, 5.41) is 0.297. The van der Waals surface area contributed by atoms with Crippen LogP contribution >= 0.6 is 11.6 Å². The normalized spacial score (nSPS) is 12.9. The third-order valence-corrected chi connectivity index (χ3v) is 2.55. The highest BCUT2D eigenvalue weighted by Gasteiger charge is 2.17. The predicted molar refractivity (Wildman–Crippen MR) is 72.3 cm³/mol. The molecule has 2 N–H and O–H groups in total. The van der Waals surface area contributed by atoms with Gasteiger partial charge in [0.25, 0.3) is 0 Å². The van der Waals surface area contributed by atoms with Crippen molar-refractivity contribution in [3.05, 3.63) is 34.6 Å². The summed E-state index contributed by atoms with van der Waals surface area (Å²) in [6, 6.07) is 3.82.